The molecule has 1 N–H and O–H groups in total. The molecule has 80 valence electrons. The third-order valence-electron chi connectivity index (χ3n) is 3.19. The van der Waals surface area contributed by atoms with Gasteiger partial charge in [-0.25, -0.2) is 0 Å². The predicted molar refractivity (Wildman–Crippen MR) is 65.0 cm³/mol. The summed E-state index contributed by atoms with van der Waals surface area (Å²) >= 11 is 0. The fourth-order valence-electron chi connectivity index (χ4n) is 2.17. The second-order valence-corrected chi connectivity index (χ2v) is 4.31. The lowest BCUT2D eigenvalue weighted by Crippen LogP contribution is -2.40. The summed E-state index contributed by atoms with van der Waals surface area (Å²) < 4.78 is 0. The Hall–Kier alpha value is -1.08. The first-order valence-corrected chi connectivity index (χ1v) is 5.79. The van der Waals surface area contributed by atoms with Crippen molar-refractivity contribution >= 4 is 0 Å². The van der Waals surface area contributed by atoms with Crippen LogP contribution in [0, 0.1) is 0 Å². The lowest BCUT2D eigenvalue weighted by atomic mass is 9.76. The average molecular weight is 201 g/mol. The molecule has 1 aliphatic carbocycles. The lowest BCUT2D eigenvalue weighted by molar-refractivity contribution is 0.293. The number of benzene rings is 1. The van der Waals surface area contributed by atoms with Crippen molar-refractivity contribution in [1.29, 1.82) is 0 Å². The van der Waals surface area contributed by atoms with Crippen molar-refractivity contribution in [3.05, 3.63) is 48.6 Å². The fourth-order valence-corrected chi connectivity index (χ4v) is 2.17. The maximum atomic E-state index is 3.72. The minimum absolute atomic E-state index is 0.732. The van der Waals surface area contributed by atoms with Gasteiger partial charge in [0.25, 0.3) is 0 Å². The van der Waals surface area contributed by atoms with E-state index in [-0.39, 0.29) is 0 Å². The summed E-state index contributed by atoms with van der Waals surface area (Å²) in [4.78, 5) is 0. The summed E-state index contributed by atoms with van der Waals surface area (Å²) in [5.74, 6) is 0.785. The van der Waals surface area contributed by atoms with Gasteiger partial charge in [0.15, 0.2) is 0 Å². The normalized spacial score (nSPS) is 24.5. The zero-order valence-corrected chi connectivity index (χ0v) is 9.15. The predicted octanol–water partition coefficient (Wildman–Crippen LogP) is 3.10. The summed E-state index contributed by atoms with van der Waals surface area (Å²) in [5, 5.41) is 3.55. The third kappa shape index (κ3) is 2.69. The Bertz CT molecular complexity index is 298. The molecule has 0 amide bonds. The molecule has 1 aliphatic rings. The van der Waals surface area contributed by atoms with Crippen LogP contribution in [0.2, 0.25) is 0 Å². The minimum atomic E-state index is 0.732. The summed E-state index contributed by atoms with van der Waals surface area (Å²) in [7, 11) is 0. The van der Waals surface area contributed by atoms with E-state index in [9.17, 15) is 0 Å². The van der Waals surface area contributed by atoms with Crippen LogP contribution in [-0.2, 0) is 0 Å². The molecule has 15 heavy (non-hydrogen) atoms. The zero-order valence-electron chi connectivity index (χ0n) is 9.15. The highest BCUT2D eigenvalue weighted by Gasteiger charge is 2.29. The minimum Gasteiger partial charge on any atom is -0.314 e. The quantitative estimate of drug-likeness (QED) is 0.570. The Morgan fingerprint density at radius 3 is 2.67 bits per heavy atom. The molecule has 0 aliphatic heterocycles. The van der Waals surface area contributed by atoms with E-state index in [2.05, 4.69) is 42.2 Å². The van der Waals surface area contributed by atoms with Gasteiger partial charge < -0.3 is 5.32 Å². The highest BCUT2D eigenvalue weighted by atomic mass is 14.9. The van der Waals surface area contributed by atoms with Crippen molar-refractivity contribution in [3.8, 4) is 0 Å². The molecule has 0 bridgehead atoms. The summed E-state index contributed by atoms with van der Waals surface area (Å²) in [6, 6.07) is 11.6. The number of nitrogens with one attached hydrogen (secondary N) is 1. The van der Waals surface area contributed by atoms with Crippen LogP contribution in [0.15, 0.2) is 43.0 Å². The van der Waals surface area contributed by atoms with Gasteiger partial charge in [-0.05, 0) is 37.3 Å². The van der Waals surface area contributed by atoms with Gasteiger partial charge in [0.2, 0.25) is 0 Å². The zero-order chi connectivity index (χ0) is 10.5. The first-order valence-electron chi connectivity index (χ1n) is 5.79. The van der Waals surface area contributed by atoms with Crippen molar-refractivity contribution in [1.82, 2.24) is 5.32 Å². The molecule has 1 aromatic carbocycles. The summed E-state index contributed by atoms with van der Waals surface area (Å²) in [6.07, 6.45) is 5.63. The monoisotopic (exact) mass is 201 g/mol. The van der Waals surface area contributed by atoms with Crippen LogP contribution in [0.5, 0.6) is 0 Å². The molecule has 0 atom stereocenters. The van der Waals surface area contributed by atoms with Crippen LogP contribution >= 0.6 is 0 Å². The third-order valence-corrected chi connectivity index (χ3v) is 3.19. The van der Waals surface area contributed by atoms with Crippen molar-refractivity contribution in [3.63, 3.8) is 0 Å². The molecule has 0 saturated heterocycles. The SMILES string of the molecule is C=CCCN[C@H]1C[C@@H](c2ccccc2)C1. The molecule has 2 rings (SSSR count). The second-order valence-electron chi connectivity index (χ2n) is 4.31. The van der Waals surface area contributed by atoms with Gasteiger partial charge in [-0.2, -0.15) is 0 Å². The maximum Gasteiger partial charge on any atom is 0.00788 e. The van der Waals surface area contributed by atoms with Gasteiger partial charge in [-0.1, -0.05) is 36.4 Å². The second kappa shape index (κ2) is 5.13. The molecule has 0 spiro atoms. The Morgan fingerprint density at radius 1 is 1.27 bits per heavy atom. The molecule has 0 unspecified atom stereocenters. The first-order chi connectivity index (χ1) is 7.40. The Kier molecular flexibility index (Phi) is 3.57. The van der Waals surface area contributed by atoms with Gasteiger partial charge in [0.1, 0.15) is 0 Å². The van der Waals surface area contributed by atoms with E-state index in [1.54, 1.807) is 0 Å². The summed E-state index contributed by atoms with van der Waals surface area (Å²) in [6.45, 7) is 4.80. The van der Waals surface area contributed by atoms with Gasteiger partial charge in [0, 0.05) is 6.04 Å². The van der Waals surface area contributed by atoms with E-state index in [0.29, 0.717) is 0 Å². The molecular formula is C14H19N. The molecule has 0 heterocycles. The van der Waals surface area contributed by atoms with Gasteiger partial charge in [-0.15, -0.1) is 6.58 Å². The van der Waals surface area contributed by atoms with Crippen LogP contribution < -0.4 is 5.32 Å². The van der Waals surface area contributed by atoms with Crippen molar-refractivity contribution in [2.45, 2.75) is 31.2 Å². The van der Waals surface area contributed by atoms with E-state index in [4.69, 9.17) is 0 Å². The first kappa shape index (κ1) is 10.4. The molecule has 0 aromatic heterocycles. The van der Waals surface area contributed by atoms with Gasteiger partial charge >= 0.3 is 0 Å². The molecule has 1 saturated carbocycles. The number of hydrogen-bond donors (Lipinski definition) is 1. The van der Waals surface area contributed by atoms with E-state index >= 15 is 0 Å². The van der Waals surface area contributed by atoms with Crippen molar-refractivity contribution in [2.75, 3.05) is 6.54 Å². The lowest BCUT2D eigenvalue weighted by Gasteiger charge is -2.36. The van der Waals surface area contributed by atoms with E-state index in [0.717, 1.165) is 24.9 Å². The Balaban J connectivity index is 1.72. The Morgan fingerprint density at radius 2 is 2.00 bits per heavy atom. The van der Waals surface area contributed by atoms with Gasteiger partial charge in [0.05, 0.1) is 0 Å². The Labute approximate surface area is 92.2 Å². The van der Waals surface area contributed by atoms with Crippen molar-refractivity contribution in [2.24, 2.45) is 0 Å². The molecule has 1 nitrogen and oxygen atoms in total. The number of hydrogen-bond acceptors (Lipinski definition) is 1. The summed E-state index contributed by atoms with van der Waals surface area (Å²) in [5.41, 5.74) is 1.50. The standard InChI is InChI=1S/C14H19N/c1-2-3-9-15-14-10-13(11-14)12-7-5-4-6-8-12/h2,4-8,13-15H,1,3,9-11H2/t13-,14+. The van der Waals surface area contributed by atoms with Crippen molar-refractivity contribution < 1.29 is 0 Å². The van der Waals surface area contributed by atoms with E-state index in [1.807, 2.05) is 6.08 Å². The smallest absolute Gasteiger partial charge is 0.00788 e. The van der Waals surface area contributed by atoms with Crippen LogP contribution in [0.4, 0.5) is 0 Å². The van der Waals surface area contributed by atoms with E-state index in [1.165, 1.54) is 18.4 Å². The number of rotatable bonds is 5. The molecule has 1 aromatic rings. The van der Waals surface area contributed by atoms with Gasteiger partial charge in [-0.3, -0.25) is 0 Å². The molecular weight excluding hydrogens is 182 g/mol. The average Bonchev–Trinajstić information content (AvgIpc) is 2.23. The highest BCUT2D eigenvalue weighted by Crippen LogP contribution is 2.36. The molecule has 0 radical (unpaired) electrons. The fraction of sp³-hybridized carbons (Fsp3) is 0.429. The largest absolute Gasteiger partial charge is 0.314 e. The molecule has 1 fully saturated rings. The molecule has 1 heteroatoms. The topological polar surface area (TPSA) is 12.0 Å². The van der Waals surface area contributed by atoms with Crippen LogP contribution in [0.3, 0.4) is 0 Å². The van der Waals surface area contributed by atoms with Crippen LogP contribution in [0.1, 0.15) is 30.7 Å². The highest BCUT2D eigenvalue weighted by molar-refractivity contribution is 5.22. The van der Waals surface area contributed by atoms with Crippen LogP contribution in [-0.4, -0.2) is 12.6 Å². The van der Waals surface area contributed by atoms with E-state index < -0.39 is 0 Å². The van der Waals surface area contributed by atoms with Crippen LogP contribution in [0.25, 0.3) is 0 Å². The maximum absolute atomic E-state index is 3.72.